The molecule has 0 aliphatic heterocycles. The predicted molar refractivity (Wildman–Crippen MR) is 288 cm³/mol. The molecule has 0 radical (unpaired) electrons. The van der Waals surface area contributed by atoms with Gasteiger partial charge in [-0.15, -0.1) is 0 Å². The van der Waals surface area contributed by atoms with Crippen LogP contribution in [0.15, 0.2) is 36.4 Å². The monoisotopic (exact) mass is 994 g/mol. The number of rotatable bonds is 36. The summed E-state index contributed by atoms with van der Waals surface area (Å²) in [5.41, 5.74) is 1.47. The van der Waals surface area contributed by atoms with Crippen LogP contribution >= 0.6 is 0 Å². The van der Waals surface area contributed by atoms with Crippen LogP contribution in [-0.2, 0) is 14.4 Å². The van der Waals surface area contributed by atoms with Crippen LogP contribution in [0.25, 0.3) is 34.2 Å². The largest absolute Gasteiger partial charge is 0.507 e. The van der Waals surface area contributed by atoms with Crippen molar-refractivity contribution in [2.45, 2.75) is 234 Å². The summed E-state index contributed by atoms with van der Waals surface area (Å²) in [6, 6.07) is 9.40. The van der Waals surface area contributed by atoms with E-state index in [0.29, 0.717) is 16.7 Å². The first-order valence-electron chi connectivity index (χ1n) is 27.8. The van der Waals surface area contributed by atoms with Crippen molar-refractivity contribution in [3.8, 4) is 68.7 Å². The highest BCUT2D eigenvalue weighted by Gasteiger charge is 2.24. The Morgan fingerprint density at radius 3 is 0.778 bits per heavy atom. The fourth-order valence-electron chi connectivity index (χ4n) is 8.92. The molecule has 3 N–H and O–H groups in total. The average Bonchev–Trinajstić information content (AvgIpc) is 3.36. The number of aromatic nitrogens is 3. The van der Waals surface area contributed by atoms with E-state index in [1.165, 1.54) is 96.3 Å². The minimum absolute atomic E-state index is 0.00482. The molecular formula is C60H87N3O9. The molecule has 1 heterocycles. The number of esters is 3. The summed E-state index contributed by atoms with van der Waals surface area (Å²) >= 11 is 0. The number of nitrogens with zero attached hydrogens (tertiary/aromatic N) is 3. The van der Waals surface area contributed by atoms with Gasteiger partial charge in [0.05, 0.1) is 16.7 Å². The molecule has 0 fully saturated rings. The van der Waals surface area contributed by atoms with Gasteiger partial charge in [-0.3, -0.25) is 14.4 Å². The summed E-state index contributed by atoms with van der Waals surface area (Å²) in [6.07, 6.45) is 31.2. The minimum atomic E-state index is -0.384. The maximum atomic E-state index is 12.9. The molecule has 0 spiro atoms. The van der Waals surface area contributed by atoms with Gasteiger partial charge in [0, 0.05) is 36.0 Å². The number of carbonyl (C=O) groups is 3. The molecule has 12 heteroatoms. The van der Waals surface area contributed by atoms with E-state index >= 15 is 0 Å². The van der Waals surface area contributed by atoms with Gasteiger partial charge in [0.15, 0.2) is 17.5 Å². The molecule has 0 atom stereocenters. The molecule has 0 aliphatic carbocycles. The van der Waals surface area contributed by atoms with E-state index in [4.69, 9.17) is 29.2 Å². The highest BCUT2D eigenvalue weighted by Crippen LogP contribution is 2.42. The number of hydrogen-bond donors (Lipinski definition) is 3. The summed E-state index contributed by atoms with van der Waals surface area (Å²) in [5.74, 6) is -1.19. The van der Waals surface area contributed by atoms with Crippen molar-refractivity contribution in [1.82, 2.24) is 15.0 Å². The number of phenolic OH excluding ortho intramolecular Hbond substituents is 3. The van der Waals surface area contributed by atoms with Crippen LogP contribution in [0.3, 0.4) is 0 Å². The van der Waals surface area contributed by atoms with Crippen molar-refractivity contribution < 1.29 is 43.9 Å². The maximum Gasteiger partial charge on any atom is 0.311 e. The molecule has 1 aromatic heterocycles. The maximum absolute atomic E-state index is 12.9. The van der Waals surface area contributed by atoms with E-state index in [2.05, 4.69) is 20.8 Å². The van der Waals surface area contributed by atoms with Crippen LogP contribution in [0.1, 0.15) is 230 Å². The zero-order valence-corrected chi connectivity index (χ0v) is 44.8. The van der Waals surface area contributed by atoms with Gasteiger partial charge in [0.25, 0.3) is 0 Å². The molecule has 0 saturated carbocycles. The number of carbonyl (C=O) groups excluding carboxylic acids is 3. The molecule has 396 valence electrons. The Balaban J connectivity index is 1.55. The topological polar surface area (TPSA) is 178 Å². The molecule has 0 saturated heterocycles. The Hall–Kier alpha value is -5.52. The van der Waals surface area contributed by atoms with Crippen LogP contribution in [0.2, 0.25) is 0 Å². The lowest BCUT2D eigenvalue weighted by Crippen LogP contribution is -2.09. The van der Waals surface area contributed by atoms with E-state index in [1.54, 1.807) is 57.2 Å². The van der Waals surface area contributed by atoms with Crippen molar-refractivity contribution in [2.24, 2.45) is 0 Å². The highest BCUT2D eigenvalue weighted by molar-refractivity contribution is 5.80. The molecule has 4 rings (SSSR count). The van der Waals surface area contributed by atoms with Gasteiger partial charge in [0.1, 0.15) is 34.5 Å². The second-order valence-electron chi connectivity index (χ2n) is 19.7. The zero-order chi connectivity index (χ0) is 52.1. The molecule has 0 bridgehead atoms. The van der Waals surface area contributed by atoms with Crippen molar-refractivity contribution >= 4 is 17.9 Å². The number of aromatic hydroxyl groups is 3. The summed E-state index contributed by atoms with van der Waals surface area (Å²) in [6.45, 7) is 11.6. The molecule has 3 aromatic carbocycles. The SMILES string of the molecule is CCCCCCCCCCCC(=O)Oc1ccc(-c2nc(-c3ccc(OC(=O)CCCCCCCCCCC)c(C)c3O)nc(-c3ccc(OC(=O)CCCCCCCCCCC)c(C)c3O)n2)c(O)c1C. The van der Waals surface area contributed by atoms with E-state index in [9.17, 15) is 29.7 Å². The Labute approximate surface area is 431 Å². The molecule has 12 nitrogen and oxygen atoms in total. The van der Waals surface area contributed by atoms with Gasteiger partial charge >= 0.3 is 17.9 Å². The summed E-state index contributed by atoms with van der Waals surface area (Å²) in [4.78, 5) is 52.9. The van der Waals surface area contributed by atoms with Gasteiger partial charge in [-0.1, -0.05) is 175 Å². The third-order valence-electron chi connectivity index (χ3n) is 13.6. The lowest BCUT2D eigenvalue weighted by Gasteiger charge is -2.16. The molecule has 72 heavy (non-hydrogen) atoms. The highest BCUT2D eigenvalue weighted by atomic mass is 16.5. The van der Waals surface area contributed by atoms with Crippen molar-refractivity contribution in [1.29, 1.82) is 0 Å². The first-order valence-corrected chi connectivity index (χ1v) is 27.8. The van der Waals surface area contributed by atoms with Gasteiger partial charge < -0.3 is 29.5 Å². The number of benzene rings is 3. The lowest BCUT2D eigenvalue weighted by molar-refractivity contribution is -0.135. The molecule has 0 amide bonds. The lowest BCUT2D eigenvalue weighted by atomic mass is 10.0. The third-order valence-corrected chi connectivity index (χ3v) is 13.6. The Bertz CT molecular complexity index is 2030. The van der Waals surface area contributed by atoms with Crippen LogP contribution in [0, 0.1) is 20.8 Å². The molecule has 4 aromatic rings. The second-order valence-corrected chi connectivity index (χ2v) is 19.7. The Kier molecular flexibility index (Phi) is 27.3. The smallest absolute Gasteiger partial charge is 0.311 e. The van der Waals surface area contributed by atoms with Gasteiger partial charge in [-0.2, -0.15) is 0 Å². The van der Waals surface area contributed by atoms with Crippen molar-refractivity contribution in [3.05, 3.63) is 53.1 Å². The summed E-state index contributed by atoms with van der Waals surface area (Å²) in [5, 5.41) is 35.0. The summed E-state index contributed by atoms with van der Waals surface area (Å²) in [7, 11) is 0. The van der Waals surface area contributed by atoms with E-state index in [1.807, 2.05) is 0 Å². The fourth-order valence-corrected chi connectivity index (χ4v) is 8.92. The van der Waals surface area contributed by atoms with Crippen LogP contribution in [0.4, 0.5) is 0 Å². The quantitative estimate of drug-likeness (QED) is 0.0223. The standard InChI is InChI=1S/C60H87N3O9/c1-7-10-13-16-19-22-25-28-31-34-52(64)70-49-40-37-46(55(67)43(49)4)58-61-59(47-38-41-50(44(5)56(47)68)71-53(65)35-32-29-26-23-20-17-14-11-8-2)63-60(62-58)48-39-42-51(45(6)57(48)69)72-54(66)36-33-30-27-24-21-18-15-12-9-3/h37-42,67-69H,7-36H2,1-6H3. The van der Waals surface area contributed by atoms with Gasteiger partial charge in [-0.05, 0) is 76.4 Å². The third kappa shape index (κ3) is 19.8. The Morgan fingerprint density at radius 2 is 0.556 bits per heavy atom. The number of phenols is 3. The Morgan fingerprint density at radius 1 is 0.347 bits per heavy atom. The number of unbranched alkanes of at least 4 members (excludes halogenated alkanes) is 24. The first kappa shape index (κ1) is 59.0. The van der Waals surface area contributed by atoms with Crippen LogP contribution < -0.4 is 14.2 Å². The molecule has 0 unspecified atom stereocenters. The number of ether oxygens (including phenoxy) is 3. The summed E-state index contributed by atoms with van der Waals surface area (Å²) < 4.78 is 17.2. The number of hydrogen-bond acceptors (Lipinski definition) is 12. The first-order chi connectivity index (χ1) is 34.9. The normalized spacial score (nSPS) is 11.2. The van der Waals surface area contributed by atoms with E-state index in [-0.39, 0.29) is 106 Å². The van der Waals surface area contributed by atoms with Gasteiger partial charge in [-0.25, -0.2) is 15.0 Å². The fraction of sp³-hybridized carbons (Fsp3) is 0.600. The average molecular weight is 994 g/mol. The van der Waals surface area contributed by atoms with Crippen molar-refractivity contribution in [2.75, 3.05) is 0 Å². The van der Waals surface area contributed by atoms with Crippen LogP contribution in [0.5, 0.6) is 34.5 Å². The molecular weight excluding hydrogens is 907 g/mol. The van der Waals surface area contributed by atoms with Crippen LogP contribution in [-0.4, -0.2) is 48.2 Å². The van der Waals surface area contributed by atoms with Gasteiger partial charge in [0.2, 0.25) is 0 Å². The predicted octanol–water partition coefficient (Wildman–Crippen LogP) is 16.4. The zero-order valence-electron chi connectivity index (χ0n) is 44.8. The molecule has 0 aliphatic rings. The minimum Gasteiger partial charge on any atom is -0.507 e. The van der Waals surface area contributed by atoms with E-state index < -0.39 is 0 Å². The second kappa shape index (κ2) is 33.3. The van der Waals surface area contributed by atoms with Crippen molar-refractivity contribution in [3.63, 3.8) is 0 Å². The van der Waals surface area contributed by atoms with E-state index in [0.717, 1.165) is 77.0 Å².